The summed E-state index contributed by atoms with van der Waals surface area (Å²) in [5.41, 5.74) is 5.08. The predicted octanol–water partition coefficient (Wildman–Crippen LogP) is 3.90. The normalized spacial score (nSPS) is 18.3. The van der Waals surface area contributed by atoms with Crippen LogP contribution in [0, 0.1) is 0 Å². The molecule has 2 heterocycles. The molecule has 0 radical (unpaired) electrons. The Bertz CT molecular complexity index is 1350. The first-order valence-electron chi connectivity index (χ1n) is 13.5. The van der Waals surface area contributed by atoms with Gasteiger partial charge in [0.1, 0.15) is 5.03 Å². The number of benzene rings is 2. The van der Waals surface area contributed by atoms with Gasteiger partial charge in [0.25, 0.3) is 0 Å². The summed E-state index contributed by atoms with van der Waals surface area (Å²) >= 11 is 1.32. The Morgan fingerprint density at radius 1 is 0.929 bits per heavy atom. The molecule has 1 saturated heterocycles. The first-order chi connectivity index (χ1) is 20.4. The molecule has 222 valence electrons. The molecule has 0 bridgehead atoms. The van der Waals surface area contributed by atoms with Crippen LogP contribution < -0.4 is 10.8 Å². The van der Waals surface area contributed by atoms with Gasteiger partial charge in [0, 0.05) is 43.3 Å². The Morgan fingerprint density at radius 2 is 1.62 bits per heavy atom. The lowest BCUT2D eigenvalue weighted by Gasteiger charge is -2.36. The zero-order valence-electron chi connectivity index (χ0n) is 22.8. The lowest BCUT2D eigenvalue weighted by Crippen LogP contribution is -2.31. The molecular formula is C30H33N3O8S. The number of carbonyl (C=O) groups is 3. The first kappa shape index (κ1) is 31.1. The minimum Gasteiger partial charge on any atom is -0.478 e. The van der Waals surface area contributed by atoms with Crippen molar-refractivity contribution < 1.29 is 39.3 Å². The van der Waals surface area contributed by atoms with Gasteiger partial charge >= 0.3 is 5.97 Å². The number of hydroxylamine groups is 1. The summed E-state index contributed by atoms with van der Waals surface area (Å²) < 4.78 is 12.7. The number of carboxylic acids is 1. The molecule has 0 unspecified atom stereocenters. The maximum Gasteiger partial charge on any atom is 0.338 e. The number of rotatable bonds is 13. The molecule has 4 rings (SSSR count). The molecule has 42 heavy (non-hydrogen) atoms. The maximum absolute atomic E-state index is 12.1. The number of amides is 2. The number of aromatic carboxylic acids is 1. The van der Waals surface area contributed by atoms with Crippen LogP contribution >= 0.6 is 11.8 Å². The number of carbonyl (C=O) groups excluding carboxylic acids is 2. The SMILES string of the molecule is O=C(CCCC(=O)NCc1ccc([C@@H]2O[C@H](CSc3ncccc3C(=O)O)C[C@H](c3ccc(CO)cc3)O2)cc1)NO. The number of aliphatic hydroxyl groups is 1. The lowest BCUT2D eigenvalue weighted by atomic mass is 10.0. The maximum atomic E-state index is 12.1. The largest absolute Gasteiger partial charge is 0.478 e. The molecule has 2 aromatic carbocycles. The molecule has 0 spiro atoms. The third-order valence-corrected chi connectivity index (χ3v) is 7.83. The van der Waals surface area contributed by atoms with E-state index < -0.39 is 18.2 Å². The van der Waals surface area contributed by atoms with Gasteiger partial charge in [0.15, 0.2) is 6.29 Å². The number of nitrogens with zero attached hydrogens (tertiary/aromatic N) is 1. The average Bonchev–Trinajstić information content (AvgIpc) is 3.03. The number of hydrogen-bond donors (Lipinski definition) is 5. The first-order valence-corrected chi connectivity index (χ1v) is 14.4. The Kier molecular flexibility index (Phi) is 11.4. The molecule has 3 atom stereocenters. The molecule has 1 aliphatic heterocycles. The highest BCUT2D eigenvalue weighted by molar-refractivity contribution is 7.99. The topological polar surface area (TPSA) is 167 Å². The van der Waals surface area contributed by atoms with Crippen molar-refractivity contribution in [1.82, 2.24) is 15.8 Å². The minimum absolute atomic E-state index is 0.0551. The number of hydrogen-bond acceptors (Lipinski definition) is 9. The van der Waals surface area contributed by atoms with Gasteiger partial charge in [-0.15, -0.1) is 11.8 Å². The Morgan fingerprint density at radius 3 is 2.31 bits per heavy atom. The fraction of sp³-hybridized carbons (Fsp3) is 0.333. The molecule has 3 aromatic rings. The van der Waals surface area contributed by atoms with Gasteiger partial charge in [-0.2, -0.15) is 0 Å². The van der Waals surface area contributed by atoms with Crippen LogP contribution in [0.4, 0.5) is 0 Å². The summed E-state index contributed by atoms with van der Waals surface area (Å²) in [7, 11) is 0. The molecule has 5 N–H and O–H groups in total. The van der Waals surface area contributed by atoms with Crippen molar-refractivity contribution in [2.45, 2.75) is 62.4 Å². The van der Waals surface area contributed by atoms with E-state index in [4.69, 9.17) is 14.7 Å². The standard InChI is InChI=1S/C30H33N3O8S/c34-17-20-8-10-21(11-9-20)25-15-23(18-42-28-24(29(37)38)3-2-14-31-28)40-30(41-25)22-12-6-19(7-13-22)16-32-26(35)4-1-5-27(36)33-39/h2-3,6-14,23,25,30,34,39H,1,4-5,15-18H2,(H,32,35)(H,33,36)(H,37,38)/t23-,25+,30+/m0/s1. The molecule has 11 nitrogen and oxygen atoms in total. The zero-order valence-corrected chi connectivity index (χ0v) is 23.6. The van der Waals surface area contributed by atoms with Gasteiger partial charge in [0.05, 0.1) is 24.4 Å². The minimum atomic E-state index is -1.04. The van der Waals surface area contributed by atoms with Crippen LogP contribution in [0.3, 0.4) is 0 Å². The van der Waals surface area contributed by atoms with Crippen molar-refractivity contribution in [3.05, 3.63) is 94.7 Å². The Labute approximate surface area is 247 Å². The van der Waals surface area contributed by atoms with Gasteiger partial charge in [-0.1, -0.05) is 48.5 Å². The van der Waals surface area contributed by atoms with Crippen molar-refractivity contribution in [2.24, 2.45) is 0 Å². The molecular weight excluding hydrogens is 562 g/mol. The van der Waals surface area contributed by atoms with E-state index in [0.717, 1.165) is 22.3 Å². The van der Waals surface area contributed by atoms with E-state index >= 15 is 0 Å². The van der Waals surface area contributed by atoms with E-state index in [-0.39, 0.29) is 43.1 Å². The Balaban J connectivity index is 1.42. The second-order valence-corrected chi connectivity index (χ2v) is 10.7. The monoisotopic (exact) mass is 595 g/mol. The van der Waals surface area contributed by atoms with E-state index in [0.29, 0.717) is 30.2 Å². The predicted molar refractivity (Wildman–Crippen MR) is 152 cm³/mol. The summed E-state index contributed by atoms with van der Waals surface area (Å²) in [6, 6.07) is 18.2. The van der Waals surface area contributed by atoms with E-state index in [1.807, 2.05) is 48.5 Å². The van der Waals surface area contributed by atoms with Crippen LogP contribution in [-0.4, -0.2) is 50.0 Å². The number of nitrogens with one attached hydrogen (secondary N) is 2. The molecule has 1 aliphatic rings. The number of thioether (sulfide) groups is 1. The third-order valence-electron chi connectivity index (χ3n) is 6.70. The second kappa shape index (κ2) is 15.4. The van der Waals surface area contributed by atoms with Crippen LogP contribution in [0.25, 0.3) is 0 Å². The van der Waals surface area contributed by atoms with E-state index in [2.05, 4.69) is 10.3 Å². The highest BCUT2D eigenvalue weighted by Gasteiger charge is 2.32. The Hall–Kier alpha value is -3.81. The molecule has 0 aliphatic carbocycles. The fourth-order valence-electron chi connectivity index (χ4n) is 4.41. The van der Waals surface area contributed by atoms with Gasteiger partial charge in [-0.05, 0) is 35.2 Å². The van der Waals surface area contributed by atoms with Crippen molar-refractivity contribution >= 4 is 29.5 Å². The molecule has 1 fully saturated rings. The van der Waals surface area contributed by atoms with Gasteiger partial charge in [0.2, 0.25) is 11.8 Å². The highest BCUT2D eigenvalue weighted by Crippen LogP contribution is 2.39. The molecule has 2 amide bonds. The van der Waals surface area contributed by atoms with Crippen LogP contribution in [0.2, 0.25) is 0 Å². The van der Waals surface area contributed by atoms with E-state index in [9.17, 15) is 24.6 Å². The van der Waals surface area contributed by atoms with Crippen LogP contribution in [0.5, 0.6) is 0 Å². The molecule has 1 aromatic heterocycles. The quantitative estimate of drug-likeness (QED) is 0.111. The van der Waals surface area contributed by atoms with Crippen molar-refractivity contribution in [2.75, 3.05) is 5.75 Å². The highest BCUT2D eigenvalue weighted by atomic mass is 32.2. The third kappa shape index (κ3) is 8.84. The van der Waals surface area contributed by atoms with Crippen molar-refractivity contribution in [3.63, 3.8) is 0 Å². The average molecular weight is 596 g/mol. The van der Waals surface area contributed by atoms with E-state index in [1.165, 1.54) is 17.8 Å². The van der Waals surface area contributed by atoms with Gasteiger partial charge in [-0.3, -0.25) is 14.8 Å². The smallest absolute Gasteiger partial charge is 0.338 e. The summed E-state index contributed by atoms with van der Waals surface area (Å²) in [5, 5.41) is 30.7. The zero-order chi connectivity index (χ0) is 29.9. The summed E-state index contributed by atoms with van der Waals surface area (Å²) in [6.07, 6.45) is 1.42. The number of aromatic nitrogens is 1. The van der Waals surface area contributed by atoms with Gasteiger partial charge in [-0.25, -0.2) is 15.3 Å². The molecule has 12 heteroatoms. The van der Waals surface area contributed by atoms with Crippen molar-refractivity contribution in [1.29, 1.82) is 0 Å². The van der Waals surface area contributed by atoms with Gasteiger partial charge < -0.3 is 25.0 Å². The van der Waals surface area contributed by atoms with E-state index in [1.54, 1.807) is 17.7 Å². The fourth-order valence-corrected chi connectivity index (χ4v) is 5.41. The number of ether oxygens (including phenoxy) is 2. The number of aliphatic hydroxyl groups excluding tert-OH is 1. The van der Waals surface area contributed by atoms with Crippen LogP contribution in [-0.2, 0) is 32.2 Å². The number of pyridine rings is 1. The van der Waals surface area contributed by atoms with Crippen LogP contribution in [0.1, 0.15) is 70.7 Å². The number of carboxylic acid groups (broad SMARTS) is 1. The summed E-state index contributed by atoms with van der Waals surface area (Å²) in [4.78, 5) is 39.0. The van der Waals surface area contributed by atoms with Crippen LogP contribution in [0.15, 0.2) is 71.9 Å². The molecule has 0 saturated carbocycles. The summed E-state index contributed by atoms with van der Waals surface area (Å²) in [5.74, 6) is -1.30. The van der Waals surface area contributed by atoms with Crippen molar-refractivity contribution in [3.8, 4) is 0 Å². The lowest BCUT2D eigenvalue weighted by molar-refractivity contribution is -0.245. The summed E-state index contributed by atoms with van der Waals surface area (Å²) in [6.45, 7) is 0.257. The second-order valence-electron chi connectivity index (χ2n) is 9.73.